The lowest BCUT2D eigenvalue weighted by atomic mass is 9.95. The van der Waals surface area contributed by atoms with Crippen LogP contribution in [0.3, 0.4) is 0 Å². The van der Waals surface area contributed by atoms with E-state index in [1.54, 1.807) is 0 Å². The Morgan fingerprint density at radius 1 is 1.21 bits per heavy atom. The van der Waals surface area contributed by atoms with E-state index in [1.165, 1.54) is 0 Å². The molecule has 1 fully saturated rings. The van der Waals surface area contributed by atoms with Crippen LogP contribution in [-0.2, 0) is 16.0 Å². The summed E-state index contributed by atoms with van der Waals surface area (Å²) >= 11 is 0. The average molecular weight is 391 g/mol. The maximum absolute atomic E-state index is 11.8. The van der Waals surface area contributed by atoms with Crippen LogP contribution >= 0.6 is 0 Å². The molecule has 0 unspecified atom stereocenters. The first-order valence-electron chi connectivity index (χ1n) is 10.2. The normalized spacial score (nSPS) is 16.6. The van der Waals surface area contributed by atoms with Gasteiger partial charge in [0.25, 0.3) is 0 Å². The van der Waals surface area contributed by atoms with E-state index in [1.807, 2.05) is 16.8 Å². The van der Waals surface area contributed by atoms with Crippen LogP contribution in [0, 0.1) is 6.92 Å². The molecule has 0 saturated carbocycles. The second-order valence-corrected chi connectivity index (χ2v) is 8.11. The molecule has 7 heteroatoms. The number of fused-ring (bicyclic) bond motifs is 2. The van der Waals surface area contributed by atoms with E-state index in [-0.39, 0.29) is 11.8 Å². The highest BCUT2D eigenvalue weighted by atomic mass is 16.5. The zero-order valence-corrected chi connectivity index (χ0v) is 17.0. The molecule has 0 aliphatic carbocycles. The number of anilines is 2. The molecule has 4 heterocycles. The number of morpholine rings is 1. The highest BCUT2D eigenvalue weighted by molar-refractivity contribution is 6.00. The fourth-order valence-electron chi connectivity index (χ4n) is 4.27. The Hall–Kier alpha value is -2.93. The van der Waals surface area contributed by atoms with Crippen LogP contribution in [0.2, 0.25) is 0 Å². The van der Waals surface area contributed by atoms with E-state index in [4.69, 9.17) is 14.8 Å². The van der Waals surface area contributed by atoms with Crippen molar-refractivity contribution in [1.82, 2.24) is 14.6 Å². The number of rotatable bonds is 3. The molecule has 1 aromatic carbocycles. The third kappa shape index (κ3) is 2.97. The van der Waals surface area contributed by atoms with Crippen LogP contribution in [0.5, 0.6) is 0 Å². The van der Waals surface area contributed by atoms with E-state index < -0.39 is 0 Å². The van der Waals surface area contributed by atoms with Gasteiger partial charge in [0.2, 0.25) is 11.9 Å². The van der Waals surface area contributed by atoms with E-state index in [0.29, 0.717) is 19.6 Å². The molecular weight excluding hydrogens is 366 g/mol. The Morgan fingerprint density at radius 3 is 2.76 bits per heavy atom. The molecule has 1 saturated heterocycles. The van der Waals surface area contributed by atoms with Gasteiger partial charge in [0.05, 0.1) is 30.8 Å². The molecule has 2 aliphatic heterocycles. The van der Waals surface area contributed by atoms with Crippen molar-refractivity contribution in [2.24, 2.45) is 0 Å². The van der Waals surface area contributed by atoms with Gasteiger partial charge in [-0.1, -0.05) is 19.9 Å². The molecule has 5 rings (SSSR count). The number of aryl methyl sites for hydroxylation is 1. The summed E-state index contributed by atoms with van der Waals surface area (Å²) in [6.07, 6.45) is 2.37. The van der Waals surface area contributed by atoms with Crippen LogP contribution in [0.4, 0.5) is 11.6 Å². The zero-order chi connectivity index (χ0) is 20.1. The highest BCUT2D eigenvalue weighted by Crippen LogP contribution is 2.38. The Labute approximate surface area is 169 Å². The number of carbonyl (C=O) groups is 1. The van der Waals surface area contributed by atoms with Crippen LogP contribution in [0.1, 0.15) is 36.6 Å². The molecule has 7 nitrogen and oxygen atoms in total. The first kappa shape index (κ1) is 18.1. The van der Waals surface area contributed by atoms with Crippen molar-refractivity contribution in [3.8, 4) is 11.1 Å². The minimum Gasteiger partial charge on any atom is -0.378 e. The van der Waals surface area contributed by atoms with Gasteiger partial charge in [0, 0.05) is 30.5 Å². The molecule has 1 amide bonds. The van der Waals surface area contributed by atoms with Crippen molar-refractivity contribution >= 4 is 23.1 Å². The number of benzene rings is 1. The number of ether oxygens (including phenoxy) is 1. The summed E-state index contributed by atoms with van der Waals surface area (Å²) in [5.74, 6) is 1.17. The number of nitrogens with one attached hydrogen (secondary N) is 1. The standard InChI is InChI=1S/C22H25N5O2/c1-13(2)20-19(15-4-5-17-16(10-15)11-18(28)24-17)21-14(3)12-23-22(27(21)25-20)26-6-8-29-9-7-26/h4-5,10,12-13H,6-9,11H2,1-3H3,(H,24,28). The van der Waals surface area contributed by atoms with Crippen LogP contribution < -0.4 is 10.2 Å². The molecule has 150 valence electrons. The fraction of sp³-hybridized carbons (Fsp3) is 0.409. The van der Waals surface area contributed by atoms with E-state index in [0.717, 1.165) is 58.2 Å². The SMILES string of the molecule is Cc1cnc(N2CCOCC2)n2nc(C(C)C)c(-c3ccc4c(c3)CC(=O)N4)c12. The Balaban J connectivity index is 1.73. The van der Waals surface area contributed by atoms with E-state index in [9.17, 15) is 4.79 Å². The molecule has 3 aromatic rings. The monoisotopic (exact) mass is 391 g/mol. The summed E-state index contributed by atoms with van der Waals surface area (Å²) in [6, 6.07) is 6.22. The first-order valence-corrected chi connectivity index (χ1v) is 10.2. The number of amides is 1. The number of carbonyl (C=O) groups excluding carboxylic acids is 1. The van der Waals surface area contributed by atoms with Gasteiger partial charge in [-0.2, -0.15) is 9.61 Å². The quantitative estimate of drug-likeness (QED) is 0.743. The van der Waals surface area contributed by atoms with Crippen LogP contribution in [-0.4, -0.2) is 46.8 Å². The second-order valence-electron chi connectivity index (χ2n) is 8.11. The Morgan fingerprint density at radius 2 is 2.00 bits per heavy atom. The lowest BCUT2D eigenvalue weighted by Gasteiger charge is -2.28. The zero-order valence-electron chi connectivity index (χ0n) is 17.0. The van der Waals surface area contributed by atoms with Crippen molar-refractivity contribution in [3.63, 3.8) is 0 Å². The Kier molecular flexibility index (Phi) is 4.28. The molecule has 1 N–H and O–H groups in total. The van der Waals surface area contributed by atoms with Gasteiger partial charge in [-0.3, -0.25) is 4.79 Å². The lowest BCUT2D eigenvalue weighted by molar-refractivity contribution is -0.115. The van der Waals surface area contributed by atoms with Crippen LogP contribution in [0.25, 0.3) is 16.6 Å². The summed E-state index contributed by atoms with van der Waals surface area (Å²) in [5, 5.41) is 7.94. The third-order valence-corrected chi connectivity index (χ3v) is 5.71. The summed E-state index contributed by atoms with van der Waals surface area (Å²) < 4.78 is 7.51. The number of hydrogen-bond acceptors (Lipinski definition) is 5. The maximum atomic E-state index is 11.8. The van der Waals surface area contributed by atoms with Crippen LogP contribution in [0.15, 0.2) is 24.4 Å². The lowest BCUT2D eigenvalue weighted by Crippen LogP contribution is -2.38. The minimum atomic E-state index is 0.0519. The topological polar surface area (TPSA) is 71.8 Å². The average Bonchev–Trinajstić information content (AvgIpc) is 3.29. The van der Waals surface area contributed by atoms with Gasteiger partial charge < -0.3 is 15.0 Å². The molecule has 0 radical (unpaired) electrons. The summed E-state index contributed by atoms with van der Waals surface area (Å²) in [7, 11) is 0. The van der Waals surface area contributed by atoms with Crippen molar-refractivity contribution in [2.45, 2.75) is 33.1 Å². The summed E-state index contributed by atoms with van der Waals surface area (Å²) in [5.41, 5.74) is 7.41. The molecule has 29 heavy (non-hydrogen) atoms. The Bertz CT molecular complexity index is 1110. The van der Waals surface area contributed by atoms with Gasteiger partial charge >= 0.3 is 0 Å². The van der Waals surface area contributed by atoms with Gasteiger partial charge in [0.15, 0.2) is 0 Å². The second kappa shape index (κ2) is 6.84. The summed E-state index contributed by atoms with van der Waals surface area (Å²) in [6.45, 7) is 9.44. The van der Waals surface area contributed by atoms with Crippen molar-refractivity contribution in [1.29, 1.82) is 0 Å². The maximum Gasteiger partial charge on any atom is 0.228 e. The minimum absolute atomic E-state index is 0.0519. The molecule has 2 aliphatic rings. The molecule has 0 bridgehead atoms. The molecule has 0 atom stereocenters. The number of hydrogen-bond donors (Lipinski definition) is 1. The number of aromatic nitrogens is 3. The van der Waals surface area contributed by atoms with Gasteiger partial charge in [-0.25, -0.2) is 4.98 Å². The number of nitrogens with zero attached hydrogens (tertiary/aromatic N) is 4. The largest absolute Gasteiger partial charge is 0.378 e. The molecular formula is C22H25N5O2. The van der Waals surface area contributed by atoms with E-state index >= 15 is 0 Å². The fourth-order valence-corrected chi connectivity index (χ4v) is 4.27. The van der Waals surface area contributed by atoms with Crippen molar-refractivity contribution in [2.75, 3.05) is 36.5 Å². The third-order valence-electron chi connectivity index (χ3n) is 5.71. The van der Waals surface area contributed by atoms with Crippen molar-refractivity contribution in [3.05, 3.63) is 41.2 Å². The summed E-state index contributed by atoms with van der Waals surface area (Å²) in [4.78, 5) is 18.8. The van der Waals surface area contributed by atoms with E-state index in [2.05, 4.69) is 43.1 Å². The predicted molar refractivity (Wildman–Crippen MR) is 113 cm³/mol. The molecule has 2 aromatic heterocycles. The van der Waals surface area contributed by atoms with Gasteiger partial charge in [0.1, 0.15) is 0 Å². The molecule has 0 spiro atoms. The highest BCUT2D eigenvalue weighted by Gasteiger charge is 2.25. The smallest absolute Gasteiger partial charge is 0.228 e. The first-order chi connectivity index (χ1) is 14.0. The predicted octanol–water partition coefficient (Wildman–Crippen LogP) is 3.16. The van der Waals surface area contributed by atoms with Gasteiger partial charge in [-0.05, 0) is 41.7 Å². The van der Waals surface area contributed by atoms with Gasteiger partial charge in [-0.15, -0.1) is 0 Å². The van der Waals surface area contributed by atoms with Crippen molar-refractivity contribution < 1.29 is 9.53 Å².